The van der Waals surface area contributed by atoms with Crippen molar-refractivity contribution in [3.63, 3.8) is 0 Å². The van der Waals surface area contributed by atoms with Gasteiger partial charge in [-0.05, 0) is 36.6 Å². The first-order chi connectivity index (χ1) is 6.59. The number of hydrogen-bond donors (Lipinski definition) is 2. The molecule has 0 bridgehead atoms. The molecule has 3 nitrogen and oxygen atoms in total. The molecule has 0 saturated carbocycles. The molecule has 4 heteroatoms. The Morgan fingerprint density at radius 3 is 2.79 bits per heavy atom. The lowest BCUT2D eigenvalue weighted by Gasteiger charge is -2.03. The lowest BCUT2D eigenvalue weighted by molar-refractivity contribution is -0.137. The number of carboxylic acids is 1. The zero-order valence-electron chi connectivity index (χ0n) is 7.53. The number of carbonyl (C=O) groups is 1. The number of benzene rings is 1. The van der Waals surface area contributed by atoms with Crippen molar-refractivity contribution in [3.05, 3.63) is 28.2 Å². The number of aryl methyl sites for hydroxylation is 1. The molecule has 0 aliphatic heterocycles. The number of aliphatic carboxylic acids is 1. The number of rotatable bonds is 4. The minimum absolute atomic E-state index is 0.131. The summed E-state index contributed by atoms with van der Waals surface area (Å²) in [6.45, 7) is 0. The number of aromatic hydroxyl groups is 1. The minimum atomic E-state index is -0.806. The Hall–Kier alpha value is -1.03. The fourth-order valence-corrected chi connectivity index (χ4v) is 1.59. The molecule has 0 aliphatic carbocycles. The zero-order valence-corrected chi connectivity index (χ0v) is 9.12. The van der Waals surface area contributed by atoms with Crippen molar-refractivity contribution >= 4 is 21.9 Å². The lowest BCUT2D eigenvalue weighted by atomic mass is 10.1. The van der Waals surface area contributed by atoms with Gasteiger partial charge in [0.1, 0.15) is 5.75 Å². The Kier molecular flexibility index (Phi) is 3.95. The Labute approximate surface area is 90.5 Å². The standard InChI is InChI=1S/C10H11BrO3/c11-8-4-5-9(12)7(6-8)2-1-3-10(13)14/h4-6,12H,1-3H2,(H,13,14). The van der Waals surface area contributed by atoms with Crippen molar-refractivity contribution in [2.75, 3.05) is 0 Å². The molecule has 1 aromatic carbocycles. The van der Waals surface area contributed by atoms with Gasteiger partial charge in [-0.1, -0.05) is 15.9 Å². The van der Waals surface area contributed by atoms with E-state index in [1.807, 2.05) is 0 Å². The summed E-state index contributed by atoms with van der Waals surface area (Å²) in [6, 6.07) is 5.15. The van der Waals surface area contributed by atoms with E-state index in [1.165, 1.54) is 0 Å². The maximum absolute atomic E-state index is 10.3. The molecule has 0 spiro atoms. The molecule has 14 heavy (non-hydrogen) atoms. The summed E-state index contributed by atoms with van der Waals surface area (Å²) in [5.41, 5.74) is 0.778. The number of phenolic OH excluding ortho intramolecular Hbond substituents is 1. The molecule has 0 atom stereocenters. The van der Waals surface area contributed by atoms with Gasteiger partial charge in [0.15, 0.2) is 0 Å². The first kappa shape index (κ1) is 11.0. The van der Waals surface area contributed by atoms with Crippen LogP contribution in [0.1, 0.15) is 18.4 Å². The van der Waals surface area contributed by atoms with Gasteiger partial charge in [0, 0.05) is 10.9 Å². The molecule has 0 radical (unpaired) electrons. The van der Waals surface area contributed by atoms with Gasteiger partial charge in [0.25, 0.3) is 0 Å². The average Bonchev–Trinajstić information content (AvgIpc) is 2.10. The van der Waals surface area contributed by atoms with Crippen LogP contribution in [0, 0.1) is 0 Å². The summed E-state index contributed by atoms with van der Waals surface area (Å²) in [6.07, 6.45) is 1.25. The Balaban J connectivity index is 2.57. The van der Waals surface area contributed by atoms with Gasteiger partial charge in [-0.15, -0.1) is 0 Å². The summed E-state index contributed by atoms with van der Waals surface area (Å²) in [5.74, 6) is -0.585. The molecule has 1 aromatic rings. The average molecular weight is 259 g/mol. The van der Waals surface area contributed by atoms with Crippen LogP contribution in [0.4, 0.5) is 0 Å². The predicted molar refractivity (Wildman–Crippen MR) is 56.4 cm³/mol. The molecule has 76 valence electrons. The van der Waals surface area contributed by atoms with Crippen LogP contribution in [0.2, 0.25) is 0 Å². The molecular formula is C10H11BrO3. The highest BCUT2D eigenvalue weighted by Gasteiger charge is 2.03. The molecule has 0 aliphatic rings. The smallest absolute Gasteiger partial charge is 0.303 e. The maximum Gasteiger partial charge on any atom is 0.303 e. The van der Waals surface area contributed by atoms with Gasteiger partial charge < -0.3 is 10.2 Å². The van der Waals surface area contributed by atoms with E-state index in [-0.39, 0.29) is 12.2 Å². The molecule has 0 heterocycles. The summed E-state index contributed by atoms with van der Waals surface area (Å²) in [4.78, 5) is 10.3. The second-order valence-electron chi connectivity index (χ2n) is 3.02. The molecular weight excluding hydrogens is 248 g/mol. The van der Waals surface area contributed by atoms with E-state index in [0.717, 1.165) is 10.0 Å². The Morgan fingerprint density at radius 1 is 1.43 bits per heavy atom. The van der Waals surface area contributed by atoms with Crippen molar-refractivity contribution < 1.29 is 15.0 Å². The van der Waals surface area contributed by atoms with E-state index < -0.39 is 5.97 Å². The Morgan fingerprint density at radius 2 is 2.14 bits per heavy atom. The second kappa shape index (κ2) is 5.00. The van der Waals surface area contributed by atoms with E-state index in [0.29, 0.717) is 12.8 Å². The van der Waals surface area contributed by atoms with Crippen LogP contribution in [-0.4, -0.2) is 16.2 Å². The molecule has 0 aromatic heterocycles. The third-order valence-electron chi connectivity index (χ3n) is 1.88. The van der Waals surface area contributed by atoms with Crippen LogP contribution in [0.15, 0.2) is 22.7 Å². The number of carboxylic acid groups (broad SMARTS) is 1. The van der Waals surface area contributed by atoms with Crippen LogP contribution in [0.5, 0.6) is 5.75 Å². The van der Waals surface area contributed by atoms with Gasteiger partial charge in [0.05, 0.1) is 0 Å². The monoisotopic (exact) mass is 258 g/mol. The second-order valence-corrected chi connectivity index (χ2v) is 3.94. The maximum atomic E-state index is 10.3. The Bertz CT molecular complexity index is 336. The molecule has 0 unspecified atom stereocenters. The largest absolute Gasteiger partial charge is 0.508 e. The number of phenols is 1. The van der Waals surface area contributed by atoms with Crippen LogP contribution in [-0.2, 0) is 11.2 Å². The molecule has 0 saturated heterocycles. The fourth-order valence-electron chi connectivity index (χ4n) is 1.18. The summed E-state index contributed by atoms with van der Waals surface area (Å²) < 4.78 is 0.889. The first-order valence-corrected chi connectivity index (χ1v) is 5.08. The molecule has 2 N–H and O–H groups in total. The quantitative estimate of drug-likeness (QED) is 0.873. The van der Waals surface area contributed by atoms with E-state index in [2.05, 4.69) is 15.9 Å². The van der Waals surface area contributed by atoms with Crippen molar-refractivity contribution in [2.45, 2.75) is 19.3 Å². The SMILES string of the molecule is O=C(O)CCCc1cc(Br)ccc1O. The van der Waals surface area contributed by atoms with Crippen LogP contribution in [0.3, 0.4) is 0 Å². The topological polar surface area (TPSA) is 57.5 Å². The van der Waals surface area contributed by atoms with Crippen LogP contribution < -0.4 is 0 Å². The van der Waals surface area contributed by atoms with Gasteiger partial charge in [0.2, 0.25) is 0 Å². The fraction of sp³-hybridized carbons (Fsp3) is 0.300. The summed E-state index contributed by atoms with van der Waals surface area (Å²) >= 11 is 3.29. The van der Waals surface area contributed by atoms with Gasteiger partial charge in [-0.25, -0.2) is 0 Å². The van der Waals surface area contributed by atoms with Crippen molar-refractivity contribution in [3.8, 4) is 5.75 Å². The van der Waals surface area contributed by atoms with E-state index >= 15 is 0 Å². The molecule has 0 fully saturated rings. The van der Waals surface area contributed by atoms with E-state index in [1.54, 1.807) is 18.2 Å². The predicted octanol–water partition coefficient (Wildman–Crippen LogP) is 2.56. The van der Waals surface area contributed by atoms with Crippen LogP contribution in [0.25, 0.3) is 0 Å². The van der Waals surface area contributed by atoms with E-state index in [4.69, 9.17) is 5.11 Å². The lowest BCUT2D eigenvalue weighted by Crippen LogP contribution is -1.96. The zero-order chi connectivity index (χ0) is 10.6. The molecule has 0 amide bonds. The summed E-state index contributed by atoms with van der Waals surface area (Å²) in [7, 11) is 0. The summed E-state index contributed by atoms with van der Waals surface area (Å²) in [5, 5.41) is 17.9. The normalized spacial score (nSPS) is 10.1. The third-order valence-corrected chi connectivity index (χ3v) is 2.37. The van der Waals surface area contributed by atoms with Crippen molar-refractivity contribution in [1.82, 2.24) is 0 Å². The van der Waals surface area contributed by atoms with Crippen LogP contribution >= 0.6 is 15.9 Å². The van der Waals surface area contributed by atoms with Gasteiger partial charge in [-0.2, -0.15) is 0 Å². The highest BCUT2D eigenvalue weighted by molar-refractivity contribution is 9.10. The number of hydrogen-bond acceptors (Lipinski definition) is 2. The highest BCUT2D eigenvalue weighted by Crippen LogP contribution is 2.23. The molecule has 1 rings (SSSR count). The van der Waals surface area contributed by atoms with Crippen molar-refractivity contribution in [1.29, 1.82) is 0 Å². The van der Waals surface area contributed by atoms with Gasteiger partial charge in [-0.3, -0.25) is 4.79 Å². The van der Waals surface area contributed by atoms with Gasteiger partial charge >= 0.3 is 5.97 Å². The first-order valence-electron chi connectivity index (χ1n) is 4.29. The third kappa shape index (κ3) is 3.38. The van der Waals surface area contributed by atoms with E-state index in [9.17, 15) is 9.90 Å². The number of halogens is 1. The minimum Gasteiger partial charge on any atom is -0.508 e. The van der Waals surface area contributed by atoms with Crippen molar-refractivity contribution in [2.24, 2.45) is 0 Å². The highest BCUT2D eigenvalue weighted by atomic mass is 79.9.